The highest BCUT2D eigenvalue weighted by Crippen LogP contribution is 2.62. The zero-order chi connectivity index (χ0) is 21.0. The van der Waals surface area contributed by atoms with E-state index in [4.69, 9.17) is 11.6 Å². The lowest BCUT2D eigenvalue weighted by atomic mass is 9.98. The zero-order valence-electron chi connectivity index (χ0n) is 16.5. The van der Waals surface area contributed by atoms with Crippen LogP contribution in [0.2, 0.25) is 5.02 Å². The molecule has 0 radical (unpaired) electrons. The second-order valence-electron chi connectivity index (χ2n) is 8.43. The fourth-order valence-electron chi connectivity index (χ4n) is 5.36. The van der Waals surface area contributed by atoms with Gasteiger partial charge in [0.2, 0.25) is 0 Å². The standard InChI is InChI=1S/C23H22ClF2N3O/c1-2-19(28-23(30)12-3-5-13(24)6-4-12)21-16-9-15(10-17(16)21)29-11-27-22-18(26)7-14(25)8-20(22)29/h3-8,11,15-17,19,21H,2,9-10H2,1H3,(H,28,30)/t15?,16-,17+,19?,21?. The molecule has 2 fully saturated rings. The van der Waals surface area contributed by atoms with Gasteiger partial charge in [-0.25, -0.2) is 13.8 Å². The van der Waals surface area contributed by atoms with E-state index in [-0.39, 0.29) is 23.5 Å². The lowest BCUT2D eigenvalue weighted by molar-refractivity contribution is 0.0927. The molecule has 3 aromatic rings. The van der Waals surface area contributed by atoms with Crippen molar-refractivity contribution in [2.75, 3.05) is 0 Å². The van der Waals surface area contributed by atoms with Crippen molar-refractivity contribution < 1.29 is 13.6 Å². The predicted molar refractivity (Wildman–Crippen MR) is 111 cm³/mol. The molecule has 1 heterocycles. The van der Waals surface area contributed by atoms with E-state index in [0.29, 0.717) is 33.9 Å². The van der Waals surface area contributed by atoms with Crippen LogP contribution >= 0.6 is 11.6 Å². The van der Waals surface area contributed by atoms with Gasteiger partial charge in [-0.2, -0.15) is 0 Å². The molecule has 1 amide bonds. The van der Waals surface area contributed by atoms with Crippen molar-refractivity contribution in [3.05, 3.63) is 64.9 Å². The van der Waals surface area contributed by atoms with Crippen LogP contribution in [0.25, 0.3) is 11.0 Å². The fourth-order valence-corrected chi connectivity index (χ4v) is 5.49. The number of nitrogens with zero attached hydrogens (tertiary/aromatic N) is 2. The maximum atomic E-state index is 14.0. The van der Waals surface area contributed by atoms with Crippen molar-refractivity contribution in [3.8, 4) is 0 Å². The number of amides is 1. The maximum Gasteiger partial charge on any atom is 0.251 e. The van der Waals surface area contributed by atoms with Crippen LogP contribution in [-0.2, 0) is 0 Å². The third-order valence-corrected chi connectivity index (χ3v) is 7.06. The normalized spacial score (nSPS) is 25.9. The Bertz CT molecular complexity index is 1100. The van der Waals surface area contributed by atoms with Crippen molar-refractivity contribution >= 4 is 28.5 Å². The molecular weight excluding hydrogens is 408 g/mol. The van der Waals surface area contributed by atoms with E-state index >= 15 is 0 Å². The Balaban J connectivity index is 1.27. The summed E-state index contributed by atoms with van der Waals surface area (Å²) in [7, 11) is 0. The molecule has 2 aromatic carbocycles. The molecule has 0 bridgehead atoms. The molecule has 1 aromatic heterocycles. The quantitative estimate of drug-likeness (QED) is 0.592. The summed E-state index contributed by atoms with van der Waals surface area (Å²) < 4.78 is 29.6. The first kappa shape index (κ1) is 19.5. The third kappa shape index (κ3) is 3.27. The first-order valence-corrected chi connectivity index (χ1v) is 10.7. The van der Waals surface area contributed by atoms with Gasteiger partial charge in [-0.15, -0.1) is 0 Å². The molecule has 4 nitrogen and oxygen atoms in total. The Morgan fingerprint density at radius 2 is 1.93 bits per heavy atom. The van der Waals surface area contributed by atoms with Crippen LogP contribution in [0.15, 0.2) is 42.7 Å². The maximum absolute atomic E-state index is 14.0. The first-order valence-electron chi connectivity index (χ1n) is 10.3. The molecule has 7 heteroatoms. The van der Waals surface area contributed by atoms with Gasteiger partial charge >= 0.3 is 0 Å². The number of fused-ring (bicyclic) bond motifs is 2. The molecule has 0 spiro atoms. The highest BCUT2D eigenvalue weighted by Gasteiger charge is 2.59. The number of benzene rings is 2. The van der Waals surface area contributed by atoms with Crippen molar-refractivity contribution in [3.63, 3.8) is 0 Å². The number of carbonyl (C=O) groups is 1. The van der Waals surface area contributed by atoms with E-state index in [2.05, 4.69) is 17.2 Å². The summed E-state index contributed by atoms with van der Waals surface area (Å²) in [6, 6.07) is 9.44. The number of halogens is 3. The van der Waals surface area contributed by atoms with Crippen LogP contribution in [0.3, 0.4) is 0 Å². The third-order valence-electron chi connectivity index (χ3n) is 6.80. The van der Waals surface area contributed by atoms with Gasteiger partial charge in [-0.05, 0) is 67.3 Å². The summed E-state index contributed by atoms with van der Waals surface area (Å²) in [4.78, 5) is 16.7. The Hall–Kier alpha value is -2.47. The molecule has 2 aliphatic carbocycles. The number of hydrogen-bond acceptors (Lipinski definition) is 2. The van der Waals surface area contributed by atoms with E-state index < -0.39 is 11.6 Å². The van der Waals surface area contributed by atoms with Gasteiger partial charge in [0, 0.05) is 28.7 Å². The van der Waals surface area contributed by atoms with Crippen LogP contribution in [0.4, 0.5) is 8.78 Å². The molecule has 1 N–H and O–H groups in total. The molecule has 5 rings (SSSR count). The minimum atomic E-state index is -0.624. The summed E-state index contributed by atoms with van der Waals surface area (Å²) in [6.45, 7) is 2.09. The SMILES string of the molecule is CCC(NC(=O)c1ccc(Cl)cc1)C1[C@H]2CC(n3cnc4c(F)cc(F)cc43)C[C@@H]12. The topological polar surface area (TPSA) is 46.9 Å². The van der Waals surface area contributed by atoms with Gasteiger partial charge in [0.25, 0.3) is 5.91 Å². The highest BCUT2D eigenvalue weighted by molar-refractivity contribution is 6.30. The fraction of sp³-hybridized carbons (Fsp3) is 0.391. The molecule has 30 heavy (non-hydrogen) atoms. The summed E-state index contributed by atoms with van der Waals surface area (Å²) in [5, 5.41) is 3.79. The Kier molecular flexibility index (Phi) is 4.77. The van der Waals surface area contributed by atoms with E-state index in [9.17, 15) is 13.6 Å². The second kappa shape index (κ2) is 7.34. The molecule has 0 saturated heterocycles. The Morgan fingerprint density at radius 3 is 2.60 bits per heavy atom. The number of hydrogen-bond donors (Lipinski definition) is 1. The molecule has 2 aliphatic rings. The number of aromatic nitrogens is 2. The van der Waals surface area contributed by atoms with Crippen molar-refractivity contribution in [2.45, 2.75) is 38.3 Å². The largest absolute Gasteiger partial charge is 0.349 e. The van der Waals surface area contributed by atoms with Gasteiger partial charge in [0.1, 0.15) is 11.3 Å². The minimum absolute atomic E-state index is 0.0772. The highest BCUT2D eigenvalue weighted by atomic mass is 35.5. The van der Waals surface area contributed by atoms with Crippen molar-refractivity contribution in [2.24, 2.45) is 17.8 Å². The van der Waals surface area contributed by atoms with Crippen LogP contribution in [0.1, 0.15) is 42.6 Å². The van der Waals surface area contributed by atoms with Gasteiger partial charge < -0.3 is 9.88 Å². The van der Waals surface area contributed by atoms with Gasteiger partial charge in [0.15, 0.2) is 5.82 Å². The zero-order valence-corrected chi connectivity index (χ0v) is 17.2. The summed E-state index contributed by atoms with van der Waals surface area (Å²) in [5.74, 6) is 0.194. The van der Waals surface area contributed by atoms with E-state index in [1.807, 2.05) is 4.57 Å². The van der Waals surface area contributed by atoms with Gasteiger partial charge in [-0.3, -0.25) is 4.79 Å². The average molecular weight is 430 g/mol. The summed E-state index contributed by atoms with van der Waals surface area (Å²) in [5.41, 5.74) is 1.34. The van der Waals surface area contributed by atoms with Gasteiger partial charge in [-0.1, -0.05) is 18.5 Å². The first-order chi connectivity index (χ1) is 14.5. The van der Waals surface area contributed by atoms with Crippen molar-refractivity contribution in [1.82, 2.24) is 14.9 Å². The smallest absolute Gasteiger partial charge is 0.251 e. The molecular formula is C23H22ClF2N3O. The van der Waals surface area contributed by atoms with Crippen LogP contribution in [0, 0.1) is 29.4 Å². The number of rotatable bonds is 5. The monoisotopic (exact) mass is 429 g/mol. The summed E-state index contributed by atoms with van der Waals surface area (Å²) in [6.07, 6.45) is 4.36. The number of imidazole rings is 1. The molecule has 3 unspecified atom stereocenters. The summed E-state index contributed by atoms with van der Waals surface area (Å²) >= 11 is 5.90. The average Bonchev–Trinajstić information content (AvgIpc) is 3.06. The Labute approximate surface area is 178 Å². The molecule has 2 saturated carbocycles. The van der Waals surface area contributed by atoms with Crippen LogP contribution in [-0.4, -0.2) is 21.5 Å². The lowest BCUT2D eigenvalue weighted by Gasteiger charge is -2.22. The number of carbonyl (C=O) groups excluding carboxylic acids is 1. The van der Waals surface area contributed by atoms with Crippen LogP contribution < -0.4 is 5.32 Å². The van der Waals surface area contributed by atoms with Crippen molar-refractivity contribution in [1.29, 1.82) is 0 Å². The molecule has 5 atom stereocenters. The van der Waals surface area contributed by atoms with E-state index in [0.717, 1.165) is 25.3 Å². The van der Waals surface area contributed by atoms with E-state index in [1.165, 1.54) is 6.07 Å². The minimum Gasteiger partial charge on any atom is -0.349 e. The molecule has 156 valence electrons. The number of nitrogens with one attached hydrogen (secondary N) is 1. The predicted octanol–water partition coefficient (Wildman–Crippen LogP) is 5.37. The Morgan fingerprint density at radius 1 is 1.23 bits per heavy atom. The van der Waals surface area contributed by atoms with E-state index in [1.54, 1.807) is 30.6 Å². The lowest BCUT2D eigenvalue weighted by Crippen LogP contribution is -2.37. The van der Waals surface area contributed by atoms with Crippen LogP contribution in [0.5, 0.6) is 0 Å². The molecule has 0 aliphatic heterocycles. The second-order valence-corrected chi connectivity index (χ2v) is 8.87. The van der Waals surface area contributed by atoms with Gasteiger partial charge in [0.05, 0.1) is 11.8 Å².